The molecular weight excluding hydrogens is 309 g/mol. The number of hydrogen-bond acceptors (Lipinski definition) is 3. The molecule has 7 heteroatoms. The van der Waals surface area contributed by atoms with Crippen LogP contribution in [-0.4, -0.2) is 17.3 Å². The molecule has 0 spiro atoms. The standard InChI is InChI=1S/C16H15F3N2O2/c1-10-8-13(6-7-20-10)15(22)21-11(2)12-4-3-5-14(9-12)23-16(17,18)19/h3-9,11H,1-2H3,(H,21,22). The first-order valence-corrected chi connectivity index (χ1v) is 6.84. The van der Waals surface area contributed by atoms with Crippen LogP contribution in [0.4, 0.5) is 13.2 Å². The zero-order chi connectivity index (χ0) is 17.0. The molecule has 122 valence electrons. The molecule has 1 atom stereocenters. The summed E-state index contributed by atoms with van der Waals surface area (Å²) in [4.78, 5) is 16.1. The molecule has 0 aliphatic carbocycles. The maximum Gasteiger partial charge on any atom is 0.573 e. The van der Waals surface area contributed by atoms with Crippen LogP contribution in [0.1, 0.15) is 34.6 Å². The van der Waals surface area contributed by atoms with Crippen molar-refractivity contribution >= 4 is 5.91 Å². The SMILES string of the molecule is Cc1cc(C(=O)NC(C)c2cccc(OC(F)(F)F)c2)ccn1. The van der Waals surface area contributed by atoms with Gasteiger partial charge in [-0.25, -0.2) is 0 Å². The van der Waals surface area contributed by atoms with Crippen molar-refractivity contribution in [2.24, 2.45) is 0 Å². The number of nitrogens with zero attached hydrogens (tertiary/aromatic N) is 1. The molecule has 4 nitrogen and oxygen atoms in total. The molecule has 0 aliphatic heterocycles. The average Bonchev–Trinajstić information content (AvgIpc) is 2.45. The van der Waals surface area contributed by atoms with Crippen molar-refractivity contribution in [1.29, 1.82) is 0 Å². The lowest BCUT2D eigenvalue weighted by Crippen LogP contribution is -2.26. The van der Waals surface area contributed by atoms with E-state index < -0.39 is 12.4 Å². The Labute approximate surface area is 131 Å². The summed E-state index contributed by atoms with van der Waals surface area (Å²) in [5.74, 6) is -0.652. The number of aryl methyl sites for hydroxylation is 1. The summed E-state index contributed by atoms with van der Waals surface area (Å²) in [5.41, 5.74) is 1.64. The van der Waals surface area contributed by atoms with Crippen LogP contribution >= 0.6 is 0 Å². The Balaban J connectivity index is 2.10. The van der Waals surface area contributed by atoms with Crippen LogP contribution in [0.3, 0.4) is 0 Å². The van der Waals surface area contributed by atoms with E-state index in [-0.39, 0.29) is 11.7 Å². The molecule has 1 N–H and O–H groups in total. The molecule has 1 aromatic carbocycles. The second-order valence-corrected chi connectivity index (χ2v) is 5.00. The molecule has 2 rings (SSSR count). The van der Waals surface area contributed by atoms with Crippen LogP contribution < -0.4 is 10.1 Å². The Kier molecular flexibility index (Phi) is 4.88. The van der Waals surface area contributed by atoms with Crippen LogP contribution in [-0.2, 0) is 0 Å². The van der Waals surface area contributed by atoms with E-state index in [4.69, 9.17) is 0 Å². The number of carbonyl (C=O) groups excluding carboxylic acids is 1. The number of hydrogen-bond donors (Lipinski definition) is 1. The Morgan fingerprint density at radius 2 is 2.00 bits per heavy atom. The van der Waals surface area contributed by atoms with Gasteiger partial charge in [-0.2, -0.15) is 0 Å². The van der Waals surface area contributed by atoms with Gasteiger partial charge < -0.3 is 10.1 Å². The number of amides is 1. The lowest BCUT2D eigenvalue weighted by atomic mass is 10.1. The number of halogens is 3. The van der Waals surface area contributed by atoms with Gasteiger partial charge in [0, 0.05) is 17.5 Å². The van der Waals surface area contributed by atoms with E-state index in [1.165, 1.54) is 24.4 Å². The average molecular weight is 324 g/mol. The number of ether oxygens (including phenoxy) is 1. The van der Waals surface area contributed by atoms with Crippen molar-refractivity contribution < 1.29 is 22.7 Å². The summed E-state index contributed by atoms with van der Waals surface area (Å²) >= 11 is 0. The summed E-state index contributed by atoms with van der Waals surface area (Å²) in [6.45, 7) is 3.44. The first kappa shape index (κ1) is 16.8. The lowest BCUT2D eigenvalue weighted by Gasteiger charge is -2.16. The Bertz CT molecular complexity index is 702. The number of carbonyl (C=O) groups is 1. The van der Waals surface area contributed by atoms with Gasteiger partial charge in [-0.1, -0.05) is 12.1 Å². The van der Waals surface area contributed by atoms with Crippen molar-refractivity contribution in [2.75, 3.05) is 0 Å². The van der Waals surface area contributed by atoms with Crippen LogP contribution in [0, 0.1) is 6.92 Å². The Hall–Kier alpha value is -2.57. The van der Waals surface area contributed by atoms with Crippen molar-refractivity contribution in [3.63, 3.8) is 0 Å². The first-order valence-electron chi connectivity index (χ1n) is 6.84. The van der Waals surface area contributed by atoms with Crippen molar-refractivity contribution in [3.8, 4) is 5.75 Å². The number of benzene rings is 1. The monoisotopic (exact) mass is 324 g/mol. The smallest absolute Gasteiger partial charge is 0.406 e. The topological polar surface area (TPSA) is 51.2 Å². The molecule has 0 saturated heterocycles. The van der Waals surface area contributed by atoms with Crippen LogP contribution in [0.25, 0.3) is 0 Å². The minimum Gasteiger partial charge on any atom is -0.406 e. The normalized spacial score (nSPS) is 12.6. The van der Waals surface area contributed by atoms with E-state index in [1.54, 1.807) is 32.0 Å². The van der Waals surface area contributed by atoms with Crippen molar-refractivity contribution in [2.45, 2.75) is 26.3 Å². The number of rotatable bonds is 4. The maximum atomic E-state index is 12.2. The molecule has 2 aromatic rings. The highest BCUT2D eigenvalue weighted by Crippen LogP contribution is 2.25. The number of nitrogens with one attached hydrogen (secondary N) is 1. The van der Waals surface area contributed by atoms with Gasteiger partial charge in [-0.3, -0.25) is 9.78 Å². The third-order valence-corrected chi connectivity index (χ3v) is 3.10. The Morgan fingerprint density at radius 1 is 1.26 bits per heavy atom. The van der Waals surface area contributed by atoms with E-state index in [0.717, 1.165) is 0 Å². The summed E-state index contributed by atoms with van der Waals surface area (Å²) in [6, 6.07) is 8.23. The van der Waals surface area contributed by atoms with E-state index in [0.29, 0.717) is 16.8 Å². The third-order valence-electron chi connectivity index (χ3n) is 3.10. The molecule has 0 aliphatic rings. The Morgan fingerprint density at radius 3 is 2.65 bits per heavy atom. The zero-order valence-electron chi connectivity index (χ0n) is 12.5. The van der Waals surface area contributed by atoms with Gasteiger partial charge in [0.1, 0.15) is 5.75 Å². The van der Waals surface area contributed by atoms with Gasteiger partial charge in [0.25, 0.3) is 5.91 Å². The van der Waals surface area contributed by atoms with Gasteiger partial charge in [-0.15, -0.1) is 13.2 Å². The summed E-state index contributed by atoms with van der Waals surface area (Å²) < 4.78 is 40.6. The van der Waals surface area contributed by atoms with Crippen molar-refractivity contribution in [3.05, 3.63) is 59.4 Å². The third kappa shape index (κ3) is 4.98. The summed E-state index contributed by atoms with van der Waals surface area (Å²) in [6.07, 6.45) is -3.23. The largest absolute Gasteiger partial charge is 0.573 e. The van der Waals surface area contributed by atoms with E-state index in [9.17, 15) is 18.0 Å². The number of aromatic nitrogens is 1. The molecule has 0 saturated carbocycles. The second kappa shape index (κ2) is 6.68. The van der Waals surface area contributed by atoms with Crippen molar-refractivity contribution in [1.82, 2.24) is 10.3 Å². The molecule has 0 radical (unpaired) electrons. The molecular formula is C16H15F3N2O2. The second-order valence-electron chi connectivity index (χ2n) is 5.00. The fraction of sp³-hybridized carbons (Fsp3) is 0.250. The van der Waals surface area contributed by atoms with Crippen LogP contribution in [0.15, 0.2) is 42.6 Å². The van der Waals surface area contributed by atoms with E-state index >= 15 is 0 Å². The fourth-order valence-electron chi connectivity index (χ4n) is 2.03. The first-order chi connectivity index (χ1) is 10.7. The van der Waals surface area contributed by atoms with Gasteiger partial charge in [0.2, 0.25) is 0 Å². The predicted molar refractivity (Wildman–Crippen MR) is 78.0 cm³/mol. The van der Waals surface area contributed by atoms with Gasteiger partial charge in [-0.05, 0) is 43.7 Å². The predicted octanol–water partition coefficient (Wildman–Crippen LogP) is 3.78. The molecule has 1 aromatic heterocycles. The zero-order valence-corrected chi connectivity index (χ0v) is 12.5. The van der Waals surface area contributed by atoms with E-state index in [2.05, 4.69) is 15.0 Å². The highest BCUT2D eigenvalue weighted by molar-refractivity contribution is 5.94. The van der Waals surface area contributed by atoms with Crippen LogP contribution in [0.5, 0.6) is 5.75 Å². The molecule has 1 unspecified atom stereocenters. The highest BCUT2D eigenvalue weighted by atomic mass is 19.4. The quantitative estimate of drug-likeness (QED) is 0.931. The molecule has 0 bridgehead atoms. The number of pyridine rings is 1. The van der Waals surface area contributed by atoms with Gasteiger partial charge >= 0.3 is 6.36 Å². The molecule has 23 heavy (non-hydrogen) atoms. The van der Waals surface area contributed by atoms with Crippen LogP contribution in [0.2, 0.25) is 0 Å². The summed E-state index contributed by atoms with van der Waals surface area (Å²) in [7, 11) is 0. The minimum atomic E-state index is -4.75. The fourth-order valence-corrected chi connectivity index (χ4v) is 2.03. The highest BCUT2D eigenvalue weighted by Gasteiger charge is 2.31. The molecule has 1 amide bonds. The van der Waals surface area contributed by atoms with E-state index in [1.807, 2.05) is 0 Å². The lowest BCUT2D eigenvalue weighted by molar-refractivity contribution is -0.274. The maximum absolute atomic E-state index is 12.2. The minimum absolute atomic E-state index is 0.323. The molecule has 0 fully saturated rings. The van der Waals surface area contributed by atoms with Gasteiger partial charge in [0.05, 0.1) is 6.04 Å². The van der Waals surface area contributed by atoms with Gasteiger partial charge in [0.15, 0.2) is 0 Å². The molecule has 1 heterocycles. The summed E-state index contributed by atoms with van der Waals surface area (Å²) in [5, 5.41) is 2.73. The number of alkyl halides is 3.